The number of nitrogens with zero attached hydrogens (tertiary/aromatic N) is 2. The van der Waals surface area contributed by atoms with Crippen molar-refractivity contribution in [1.29, 1.82) is 0 Å². The molecule has 2 heterocycles. The minimum Gasteiger partial charge on any atom is -0.342 e. The van der Waals surface area contributed by atoms with Gasteiger partial charge in [0.2, 0.25) is 5.91 Å². The number of nitrogens with one attached hydrogen (secondary N) is 1. The summed E-state index contributed by atoms with van der Waals surface area (Å²) in [5.41, 5.74) is 2.00. The molecule has 1 aromatic carbocycles. The number of hydrogen-bond donors (Lipinski definition) is 1. The first kappa shape index (κ1) is 17.4. The highest BCUT2D eigenvalue weighted by Gasteiger charge is 2.49. The zero-order valence-corrected chi connectivity index (χ0v) is 15.7. The molecule has 2 aliphatic heterocycles. The van der Waals surface area contributed by atoms with Crippen LogP contribution >= 0.6 is 0 Å². The lowest BCUT2D eigenvalue weighted by Crippen LogP contribution is -2.51. The van der Waals surface area contributed by atoms with Gasteiger partial charge in [0, 0.05) is 32.7 Å². The molecule has 26 heavy (non-hydrogen) atoms. The second-order valence-electron chi connectivity index (χ2n) is 8.34. The number of carbonyl (C=O) groups is 2. The van der Waals surface area contributed by atoms with Gasteiger partial charge in [-0.25, -0.2) is 4.79 Å². The van der Waals surface area contributed by atoms with Gasteiger partial charge in [0.15, 0.2) is 0 Å². The highest BCUT2D eigenvalue weighted by atomic mass is 16.2. The Morgan fingerprint density at radius 3 is 2.81 bits per heavy atom. The first-order chi connectivity index (χ1) is 12.6. The first-order valence-corrected chi connectivity index (χ1v) is 9.94. The van der Waals surface area contributed by atoms with E-state index >= 15 is 0 Å². The van der Waals surface area contributed by atoms with Gasteiger partial charge in [-0.1, -0.05) is 24.3 Å². The van der Waals surface area contributed by atoms with Gasteiger partial charge in [-0.3, -0.25) is 4.79 Å². The van der Waals surface area contributed by atoms with Gasteiger partial charge < -0.3 is 15.1 Å². The number of benzene rings is 1. The lowest BCUT2D eigenvalue weighted by atomic mass is 9.78. The smallest absolute Gasteiger partial charge is 0.317 e. The predicted molar refractivity (Wildman–Crippen MR) is 101 cm³/mol. The summed E-state index contributed by atoms with van der Waals surface area (Å²) in [5.74, 6) is 1.02. The van der Waals surface area contributed by atoms with Crippen molar-refractivity contribution in [2.45, 2.75) is 45.6 Å². The van der Waals surface area contributed by atoms with Crippen molar-refractivity contribution in [2.24, 2.45) is 11.3 Å². The predicted octanol–water partition coefficient (Wildman–Crippen LogP) is 2.93. The number of urea groups is 1. The number of amides is 3. The topological polar surface area (TPSA) is 52.7 Å². The Balaban J connectivity index is 1.35. The third-order valence-corrected chi connectivity index (χ3v) is 6.33. The Morgan fingerprint density at radius 1 is 1.23 bits per heavy atom. The van der Waals surface area contributed by atoms with Crippen LogP contribution in [0.1, 0.15) is 43.2 Å². The van der Waals surface area contributed by atoms with Gasteiger partial charge in [0.05, 0.1) is 5.41 Å². The molecule has 1 aliphatic carbocycles. The van der Waals surface area contributed by atoms with Crippen molar-refractivity contribution in [3.63, 3.8) is 0 Å². The lowest BCUT2D eigenvalue weighted by molar-refractivity contribution is -0.145. The van der Waals surface area contributed by atoms with Crippen LogP contribution in [0.2, 0.25) is 0 Å². The number of aryl methyl sites for hydroxylation is 1. The van der Waals surface area contributed by atoms with E-state index in [1.54, 1.807) is 0 Å². The first-order valence-electron chi connectivity index (χ1n) is 9.94. The van der Waals surface area contributed by atoms with Crippen molar-refractivity contribution >= 4 is 11.9 Å². The summed E-state index contributed by atoms with van der Waals surface area (Å²) in [5, 5.41) is 3.03. The van der Waals surface area contributed by atoms with E-state index in [1.807, 2.05) is 23.1 Å². The van der Waals surface area contributed by atoms with Gasteiger partial charge >= 0.3 is 6.03 Å². The normalized spacial score (nSPS) is 25.8. The van der Waals surface area contributed by atoms with Gasteiger partial charge in [-0.2, -0.15) is 0 Å². The minimum absolute atomic E-state index is 0.0442. The van der Waals surface area contributed by atoms with Gasteiger partial charge in [0.1, 0.15) is 0 Å². The van der Waals surface area contributed by atoms with E-state index in [4.69, 9.17) is 0 Å². The molecule has 5 heteroatoms. The molecule has 2 saturated heterocycles. The Morgan fingerprint density at radius 2 is 2.04 bits per heavy atom. The Labute approximate surface area is 155 Å². The molecule has 1 atom stereocenters. The SMILES string of the molecule is Cc1ccccc1CNC(=O)N1CCC2(CCCN(CC3CC3)C2=O)C1. The van der Waals surface area contributed by atoms with Crippen molar-refractivity contribution < 1.29 is 9.59 Å². The monoisotopic (exact) mass is 355 g/mol. The van der Waals surface area contributed by atoms with Gasteiger partial charge in [0.25, 0.3) is 0 Å². The molecule has 5 nitrogen and oxygen atoms in total. The fraction of sp³-hybridized carbons (Fsp3) is 0.619. The zero-order valence-electron chi connectivity index (χ0n) is 15.7. The maximum absolute atomic E-state index is 13.1. The molecule has 1 aromatic rings. The molecule has 3 amide bonds. The highest BCUT2D eigenvalue weighted by molar-refractivity contribution is 5.86. The number of rotatable bonds is 4. The van der Waals surface area contributed by atoms with E-state index in [2.05, 4.69) is 23.2 Å². The van der Waals surface area contributed by atoms with Crippen molar-refractivity contribution in [2.75, 3.05) is 26.2 Å². The Bertz CT molecular complexity index is 700. The van der Waals surface area contributed by atoms with E-state index in [0.717, 1.165) is 43.8 Å². The van der Waals surface area contributed by atoms with Crippen LogP contribution < -0.4 is 5.32 Å². The highest BCUT2D eigenvalue weighted by Crippen LogP contribution is 2.41. The second-order valence-corrected chi connectivity index (χ2v) is 8.34. The molecule has 4 rings (SSSR count). The fourth-order valence-electron chi connectivity index (χ4n) is 4.45. The van der Waals surface area contributed by atoms with Gasteiger partial charge in [-0.15, -0.1) is 0 Å². The fourth-order valence-corrected chi connectivity index (χ4v) is 4.45. The van der Waals surface area contributed by atoms with Crippen LogP contribution in [0.5, 0.6) is 0 Å². The second kappa shape index (κ2) is 6.93. The van der Waals surface area contributed by atoms with E-state index < -0.39 is 0 Å². The Hall–Kier alpha value is -2.04. The zero-order chi connectivity index (χ0) is 18.1. The minimum atomic E-state index is -0.326. The average Bonchev–Trinajstić information content (AvgIpc) is 3.36. The summed E-state index contributed by atoms with van der Waals surface area (Å²) in [4.78, 5) is 29.6. The van der Waals surface area contributed by atoms with Crippen LogP contribution in [0.15, 0.2) is 24.3 Å². The summed E-state index contributed by atoms with van der Waals surface area (Å²) in [6, 6.07) is 8.06. The van der Waals surface area contributed by atoms with E-state index in [-0.39, 0.29) is 11.4 Å². The van der Waals surface area contributed by atoms with E-state index in [1.165, 1.54) is 18.4 Å². The van der Waals surface area contributed by atoms with Crippen molar-refractivity contribution in [3.05, 3.63) is 35.4 Å². The third-order valence-electron chi connectivity index (χ3n) is 6.33. The van der Waals surface area contributed by atoms with Crippen LogP contribution in [0.3, 0.4) is 0 Å². The van der Waals surface area contributed by atoms with Crippen LogP contribution in [-0.2, 0) is 11.3 Å². The van der Waals surface area contributed by atoms with Crippen molar-refractivity contribution in [3.8, 4) is 0 Å². The molecule has 140 valence electrons. The van der Waals surface area contributed by atoms with Crippen LogP contribution in [0, 0.1) is 18.3 Å². The van der Waals surface area contributed by atoms with Crippen LogP contribution in [0.25, 0.3) is 0 Å². The van der Waals surface area contributed by atoms with Crippen LogP contribution in [0.4, 0.5) is 4.79 Å². The molecular formula is C21H29N3O2. The molecule has 3 aliphatic rings. The molecule has 0 aromatic heterocycles. The summed E-state index contributed by atoms with van der Waals surface area (Å²) < 4.78 is 0. The molecule has 1 unspecified atom stereocenters. The molecule has 3 fully saturated rings. The largest absolute Gasteiger partial charge is 0.342 e. The molecule has 0 radical (unpaired) electrons. The Kier molecular flexibility index (Phi) is 4.63. The average molecular weight is 355 g/mol. The summed E-state index contributed by atoms with van der Waals surface area (Å²) in [7, 11) is 0. The molecule has 1 saturated carbocycles. The number of hydrogen-bond acceptors (Lipinski definition) is 2. The molecule has 1 N–H and O–H groups in total. The van der Waals surface area contributed by atoms with Crippen molar-refractivity contribution in [1.82, 2.24) is 15.1 Å². The van der Waals surface area contributed by atoms with E-state index in [0.29, 0.717) is 25.5 Å². The lowest BCUT2D eigenvalue weighted by Gasteiger charge is -2.39. The number of carbonyl (C=O) groups excluding carboxylic acids is 2. The maximum atomic E-state index is 13.1. The standard InChI is InChI=1S/C21H29N3O2/c1-16-5-2-3-6-18(16)13-22-20(26)24-12-10-21(15-24)9-4-11-23(19(21)25)14-17-7-8-17/h2-3,5-6,17H,4,7-15H2,1H3,(H,22,26). The number of piperidine rings is 1. The maximum Gasteiger partial charge on any atom is 0.317 e. The van der Waals surface area contributed by atoms with Gasteiger partial charge in [-0.05, 0) is 56.1 Å². The third kappa shape index (κ3) is 3.44. The molecule has 0 bridgehead atoms. The number of likely N-dealkylation sites (tertiary alicyclic amines) is 2. The summed E-state index contributed by atoms with van der Waals surface area (Å²) >= 11 is 0. The quantitative estimate of drug-likeness (QED) is 0.903. The summed E-state index contributed by atoms with van der Waals surface area (Å²) in [6.45, 7) is 5.68. The molecule has 1 spiro atoms. The molecular weight excluding hydrogens is 326 g/mol. The van der Waals surface area contributed by atoms with E-state index in [9.17, 15) is 9.59 Å². The van der Waals surface area contributed by atoms with Crippen LogP contribution in [-0.4, -0.2) is 47.9 Å². The summed E-state index contributed by atoms with van der Waals surface area (Å²) in [6.07, 6.45) is 5.34.